The summed E-state index contributed by atoms with van der Waals surface area (Å²) >= 11 is 1.51. The van der Waals surface area contributed by atoms with Crippen LogP contribution in [0.25, 0.3) is 4.96 Å². The smallest absolute Gasteiger partial charge is 0.234 e. The molecule has 2 N–H and O–H groups in total. The topological polar surface area (TPSA) is 78.3 Å². The Balaban J connectivity index is 1.77. The van der Waals surface area contributed by atoms with Gasteiger partial charge in [0, 0.05) is 6.42 Å². The van der Waals surface area contributed by atoms with Crippen LogP contribution in [0.5, 0.6) is 5.75 Å². The number of aromatic nitrogens is 4. The van der Waals surface area contributed by atoms with Crippen molar-refractivity contribution < 1.29 is 4.74 Å². The van der Waals surface area contributed by atoms with Crippen molar-refractivity contribution in [2.75, 3.05) is 6.54 Å². The van der Waals surface area contributed by atoms with Crippen LogP contribution in [-0.2, 0) is 13.0 Å². The van der Waals surface area contributed by atoms with Gasteiger partial charge in [0.2, 0.25) is 4.96 Å². The minimum atomic E-state index is 0.344. The summed E-state index contributed by atoms with van der Waals surface area (Å²) in [4.78, 5) is 0.773. The highest BCUT2D eigenvalue weighted by Crippen LogP contribution is 2.16. The van der Waals surface area contributed by atoms with E-state index in [0.717, 1.165) is 22.1 Å². The van der Waals surface area contributed by atoms with Crippen LogP contribution in [0.1, 0.15) is 10.8 Å². The van der Waals surface area contributed by atoms with Crippen molar-refractivity contribution in [3.05, 3.63) is 41.2 Å². The highest BCUT2D eigenvalue weighted by atomic mass is 32.1. The zero-order chi connectivity index (χ0) is 13.1. The SMILES string of the molecule is NCCc1nn2c(COc3ccccc3)nnc2s1. The molecular weight excluding hydrogens is 262 g/mol. The Bertz CT molecular complexity index is 663. The first-order valence-electron chi connectivity index (χ1n) is 5.95. The molecule has 0 saturated heterocycles. The molecule has 0 amide bonds. The van der Waals surface area contributed by atoms with E-state index in [1.54, 1.807) is 4.52 Å². The Morgan fingerprint density at radius 2 is 2.05 bits per heavy atom. The van der Waals surface area contributed by atoms with E-state index in [-0.39, 0.29) is 0 Å². The minimum Gasteiger partial charge on any atom is -0.486 e. The first-order chi connectivity index (χ1) is 9.36. The highest BCUT2D eigenvalue weighted by Gasteiger charge is 2.11. The second-order valence-corrected chi connectivity index (χ2v) is 4.99. The maximum Gasteiger partial charge on any atom is 0.234 e. The summed E-state index contributed by atoms with van der Waals surface area (Å²) in [5.41, 5.74) is 5.52. The van der Waals surface area contributed by atoms with Crippen molar-refractivity contribution in [1.82, 2.24) is 19.8 Å². The van der Waals surface area contributed by atoms with Crippen LogP contribution in [0.2, 0.25) is 0 Å². The molecule has 0 aliphatic heterocycles. The third-order valence-electron chi connectivity index (χ3n) is 2.57. The molecule has 6 nitrogen and oxygen atoms in total. The molecule has 0 unspecified atom stereocenters. The standard InChI is InChI=1S/C12H13N5OS/c13-7-6-11-16-17-10(14-15-12(17)19-11)8-18-9-4-2-1-3-5-9/h1-5H,6-8,13H2. The lowest BCUT2D eigenvalue weighted by Gasteiger charge is -2.02. The number of nitrogens with two attached hydrogens (primary N) is 1. The van der Waals surface area contributed by atoms with Gasteiger partial charge in [0.05, 0.1) is 0 Å². The second kappa shape index (κ2) is 5.33. The number of hydrogen-bond acceptors (Lipinski definition) is 6. The lowest BCUT2D eigenvalue weighted by molar-refractivity contribution is 0.292. The average Bonchev–Trinajstić information content (AvgIpc) is 2.98. The largest absolute Gasteiger partial charge is 0.486 e. The fourth-order valence-electron chi connectivity index (χ4n) is 1.68. The Morgan fingerprint density at radius 3 is 2.84 bits per heavy atom. The second-order valence-electron chi connectivity index (χ2n) is 3.95. The van der Waals surface area contributed by atoms with Crippen LogP contribution in [0.3, 0.4) is 0 Å². The van der Waals surface area contributed by atoms with Gasteiger partial charge < -0.3 is 10.5 Å². The zero-order valence-electron chi connectivity index (χ0n) is 10.2. The fourth-order valence-corrected chi connectivity index (χ4v) is 2.54. The van der Waals surface area contributed by atoms with Crippen LogP contribution in [0.4, 0.5) is 0 Å². The number of ether oxygens (including phenoxy) is 1. The Hall–Kier alpha value is -1.99. The minimum absolute atomic E-state index is 0.344. The van der Waals surface area contributed by atoms with E-state index in [0.29, 0.717) is 19.0 Å². The number of fused-ring (bicyclic) bond motifs is 1. The monoisotopic (exact) mass is 275 g/mol. The summed E-state index contributed by atoms with van der Waals surface area (Å²) in [6.45, 7) is 0.928. The Morgan fingerprint density at radius 1 is 1.21 bits per heavy atom. The van der Waals surface area contributed by atoms with E-state index < -0.39 is 0 Å². The number of benzene rings is 1. The summed E-state index contributed by atoms with van der Waals surface area (Å²) in [7, 11) is 0. The van der Waals surface area contributed by atoms with Gasteiger partial charge in [-0.1, -0.05) is 29.5 Å². The quantitative estimate of drug-likeness (QED) is 0.758. The first kappa shape index (κ1) is 12.1. The molecule has 0 bridgehead atoms. The number of hydrogen-bond donors (Lipinski definition) is 1. The van der Waals surface area contributed by atoms with Gasteiger partial charge in [0.1, 0.15) is 17.4 Å². The van der Waals surface area contributed by atoms with Crippen LogP contribution in [0.15, 0.2) is 30.3 Å². The third-order valence-corrected chi connectivity index (χ3v) is 3.53. The first-order valence-corrected chi connectivity index (χ1v) is 6.76. The molecule has 2 aromatic heterocycles. The van der Waals surface area contributed by atoms with Crippen molar-refractivity contribution >= 4 is 16.3 Å². The van der Waals surface area contributed by atoms with Gasteiger partial charge in [-0.15, -0.1) is 10.2 Å². The predicted molar refractivity (Wildman–Crippen MR) is 72.2 cm³/mol. The van der Waals surface area contributed by atoms with E-state index in [1.165, 1.54) is 11.3 Å². The predicted octanol–water partition coefficient (Wildman–Crippen LogP) is 1.27. The van der Waals surface area contributed by atoms with Crippen molar-refractivity contribution in [1.29, 1.82) is 0 Å². The van der Waals surface area contributed by atoms with Gasteiger partial charge in [-0.05, 0) is 18.7 Å². The van der Waals surface area contributed by atoms with Gasteiger partial charge in [-0.3, -0.25) is 0 Å². The molecule has 1 aromatic carbocycles. The van der Waals surface area contributed by atoms with Crippen molar-refractivity contribution in [2.45, 2.75) is 13.0 Å². The zero-order valence-corrected chi connectivity index (χ0v) is 11.0. The van der Waals surface area contributed by atoms with Gasteiger partial charge >= 0.3 is 0 Å². The molecule has 0 aliphatic carbocycles. The summed E-state index contributed by atoms with van der Waals surface area (Å²) in [6.07, 6.45) is 0.757. The molecule has 0 spiro atoms. The Kier molecular flexibility index (Phi) is 3.39. The molecule has 19 heavy (non-hydrogen) atoms. The van der Waals surface area contributed by atoms with E-state index >= 15 is 0 Å². The fraction of sp³-hybridized carbons (Fsp3) is 0.250. The summed E-state index contributed by atoms with van der Waals surface area (Å²) in [5.74, 6) is 1.50. The maximum absolute atomic E-state index is 5.64. The molecule has 0 saturated carbocycles. The number of nitrogens with zero attached hydrogens (tertiary/aromatic N) is 4. The molecule has 7 heteroatoms. The van der Waals surface area contributed by atoms with Gasteiger partial charge in [-0.2, -0.15) is 9.61 Å². The van der Waals surface area contributed by atoms with Gasteiger partial charge in [0.25, 0.3) is 0 Å². The summed E-state index contributed by atoms with van der Waals surface area (Å²) in [5, 5.41) is 13.5. The molecule has 3 aromatic rings. The highest BCUT2D eigenvalue weighted by molar-refractivity contribution is 7.16. The molecular formula is C12H13N5OS. The lowest BCUT2D eigenvalue weighted by atomic mass is 10.3. The lowest BCUT2D eigenvalue weighted by Crippen LogP contribution is -2.05. The molecule has 98 valence electrons. The van der Waals surface area contributed by atoms with Gasteiger partial charge in [-0.25, -0.2) is 0 Å². The molecule has 2 heterocycles. The summed E-state index contributed by atoms with van der Waals surface area (Å²) < 4.78 is 7.37. The molecule has 0 radical (unpaired) electrons. The van der Waals surface area contributed by atoms with E-state index in [9.17, 15) is 0 Å². The van der Waals surface area contributed by atoms with Gasteiger partial charge in [0.15, 0.2) is 5.82 Å². The molecule has 0 fully saturated rings. The van der Waals surface area contributed by atoms with E-state index in [2.05, 4.69) is 15.3 Å². The van der Waals surface area contributed by atoms with Crippen LogP contribution >= 0.6 is 11.3 Å². The van der Waals surface area contributed by atoms with E-state index in [1.807, 2.05) is 30.3 Å². The average molecular weight is 275 g/mol. The third kappa shape index (κ3) is 2.56. The molecule has 3 rings (SSSR count). The maximum atomic E-state index is 5.64. The Labute approximate surface area is 113 Å². The normalized spacial score (nSPS) is 11.0. The number of para-hydroxylation sites is 1. The molecule has 0 aliphatic rings. The number of rotatable bonds is 5. The van der Waals surface area contributed by atoms with Crippen LogP contribution in [0, 0.1) is 0 Å². The molecule has 0 atom stereocenters. The van der Waals surface area contributed by atoms with Crippen molar-refractivity contribution in [2.24, 2.45) is 5.73 Å². The van der Waals surface area contributed by atoms with Crippen LogP contribution in [-0.4, -0.2) is 26.4 Å². The van der Waals surface area contributed by atoms with Crippen LogP contribution < -0.4 is 10.5 Å². The van der Waals surface area contributed by atoms with Crippen molar-refractivity contribution in [3.8, 4) is 5.75 Å². The van der Waals surface area contributed by atoms with E-state index in [4.69, 9.17) is 10.5 Å². The van der Waals surface area contributed by atoms with Crippen molar-refractivity contribution in [3.63, 3.8) is 0 Å². The summed E-state index contributed by atoms with van der Waals surface area (Å²) in [6, 6.07) is 9.60.